The third kappa shape index (κ3) is 5.16. The van der Waals surface area contributed by atoms with Gasteiger partial charge in [-0.2, -0.15) is 26.3 Å². The lowest BCUT2D eigenvalue weighted by atomic mass is 9.38. The lowest BCUT2D eigenvalue weighted by molar-refractivity contribution is -0.284. The Morgan fingerprint density at radius 3 is 2.17 bits per heavy atom. The Bertz CT molecular complexity index is 1460. The molecule has 0 unspecified atom stereocenters. The monoisotopic (exact) mass is 617 g/mol. The van der Waals surface area contributed by atoms with E-state index in [1.165, 1.54) is 16.4 Å². The number of aliphatic imine (C=N–C) groups is 1. The number of carbonyl (C=O) groups is 1. The quantitative estimate of drug-likeness (QED) is 0.325. The number of hydrogen-bond donors (Lipinski definition) is 1. The number of alkyl halides is 5. The van der Waals surface area contributed by atoms with Crippen molar-refractivity contribution in [3.8, 4) is 0 Å². The minimum absolute atomic E-state index is 0.115. The maximum atomic E-state index is 13.8. The zero-order valence-electron chi connectivity index (χ0n) is 22.3. The molecule has 6 rings (SSSR count). The Morgan fingerprint density at radius 1 is 1.02 bits per heavy atom. The van der Waals surface area contributed by atoms with Gasteiger partial charge in [0.1, 0.15) is 11.9 Å². The van der Waals surface area contributed by atoms with E-state index in [0.29, 0.717) is 30.1 Å². The average Bonchev–Trinajstić information content (AvgIpc) is 3.16. The predicted octanol–water partition coefficient (Wildman–Crippen LogP) is 6.15. The highest BCUT2D eigenvalue weighted by Gasteiger charge is 2.75. The number of Topliss-reactive ketones (excluding diaryl/α,β-unsaturated/α-hetero) is 1. The molecule has 1 atom stereocenters. The molecule has 1 aliphatic heterocycles. The van der Waals surface area contributed by atoms with Crippen molar-refractivity contribution < 1.29 is 35.2 Å². The Labute approximate surface area is 240 Å². The van der Waals surface area contributed by atoms with E-state index in [1.54, 1.807) is 56.3 Å². The standard InChI is InChI=1S/C28H29ClF5N3O3S/c1-24(2)22(21(38)12-13-27(30,31)28(32,33)34)35-23(36-24)25-15-26(16-25,17-25)37(14-18-8-10-19(29)11-9-18)41(39,40)20-6-4-3-5-7-20/h3-11,22H,12-17H2,1-2H3,(H,35,36)/t22-,25?,26?/m0/s1. The molecular weight excluding hydrogens is 589 g/mol. The summed E-state index contributed by atoms with van der Waals surface area (Å²) in [5, 5.41) is 3.71. The van der Waals surface area contributed by atoms with Crippen LogP contribution in [0.25, 0.3) is 0 Å². The predicted molar refractivity (Wildman–Crippen MR) is 143 cm³/mol. The van der Waals surface area contributed by atoms with Gasteiger partial charge in [-0.3, -0.25) is 9.79 Å². The second-order valence-corrected chi connectivity index (χ2v) is 14.2. The van der Waals surface area contributed by atoms with Crippen LogP contribution < -0.4 is 5.32 Å². The molecular formula is C28H29ClF5N3O3S. The summed E-state index contributed by atoms with van der Waals surface area (Å²) in [5.41, 5.74) is -1.47. The second kappa shape index (κ2) is 9.74. The van der Waals surface area contributed by atoms with Gasteiger partial charge in [-0.05, 0) is 62.9 Å². The maximum Gasteiger partial charge on any atom is 0.453 e. The van der Waals surface area contributed by atoms with Gasteiger partial charge in [0.25, 0.3) is 0 Å². The zero-order chi connectivity index (χ0) is 30.1. The summed E-state index contributed by atoms with van der Waals surface area (Å²) in [5.74, 6) is -5.31. The van der Waals surface area contributed by atoms with Crippen molar-refractivity contribution in [1.29, 1.82) is 0 Å². The second-order valence-electron chi connectivity index (χ2n) is 11.9. The van der Waals surface area contributed by atoms with Gasteiger partial charge in [-0.25, -0.2) is 8.42 Å². The van der Waals surface area contributed by atoms with Crippen LogP contribution in [0.1, 0.15) is 51.5 Å². The maximum absolute atomic E-state index is 13.8. The molecule has 41 heavy (non-hydrogen) atoms. The summed E-state index contributed by atoms with van der Waals surface area (Å²) in [4.78, 5) is 17.4. The third-order valence-corrected chi connectivity index (χ3v) is 10.6. The Morgan fingerprint density at radius 2 is 1.61 bits per heavy atom. The van der Waals surface area contributed by atoms with Gasteiger partial charge in [0, 0.05) is 35.4 Å². The number of ketones is 1. The fourth-order valence-electron chi connectivity index (χ4n) is 6.23. The van der Waals surface area contributed by atoms with E-state index in [0.717, 1.165) is 5.56 Å². The Kier molecular flexibility index (Phi) is 7.10. The van der Waals surface area contributed by atoms with Gasteiger partial charge in [0.15, 0.2) is 5.78 Å². The van der Waals surface area contributed by atoms with Gasteiger partial charge in [-0.15, -0.1) is 0 Å². The first-order valence-electron chi connectivity index (χ1n) is 13.1. The van der Waals surface area contributed by atoms with Crippen molar-refractivity contribution in [2.24, 2.45) is 10.4 Å². The first-order chi connectivity index (χ1) is 18.9. The number of nitrogens with one attached hydrogen (secondary N) is 1. The molecule has 0 aromatic heterocycles. The van der Waals surface area contributed by atoms with Crippen molar-refractivity contribution in [1.82, 2.24) is 9.62 Å². The summed E-state index contributed by atoms with van der Waals surface area (Å²) in [6.07, 6.45) is -7.07. The van der Waals surface area contributed by atoms with Gasteiger partial charge in [-0.1, -0.05) is 41.9 Å². The fourth-order valence-corrected chi connectivity index (χ4v) is 8.14. The van der Waals surface area contributed by atoms with Crippen molar-refractivity contribution >= 4 is 33.2 Å². The lowest BCUT2D eigenvalue weighted by Gasteiger charge is -2.73. The zero-order valence-corrected chi connectivity index (χ0v) is 23.9. The summed E-state index contributed by atoms with van der Waals surface area (Å²) in [6, 6.07) is 13.9. The molecule has 0 radical (unpaired) electrons. The largest absolute Gasteiger partial charge is 0.453 e. The highest BCUT2D eigenvalue weighted by molar-refractivity contribution is 7.89. The Balaban J connectivity index is 1.35. The number of halogens is 6. The molecule has 2 aromatic rings. The first kappa shape index (κ1) is 29.9. The van der Waals surface area contributed by atoms with Crippen LogP contribution >= 0.6 is 11.6 Å². The van der Waals surface area contributed by atoms with Crippen molar-refractivity contribution in [2.45, 2.75) is 86.6 Å². The molecule has 1 N–H and O–H groups in total. The number of rotatable bonds is 10. The molecule has 3 saturated carbocycles. The average molecular weight is 618 g/mol. The molecule has 0 amide bonds. The number of carbonyl (C=O) groups excluding carboxylic acids is 1. The van der Waals surface area contributed by atoms with Crippen LogP contribution in [-0.2, 0) is 21.4 Å². The lowest BCUT2D eigenvalue weighted by Crippen LogP contribution is -2.78. The van der Waals surface area contributed by atoms with Crippen molar-refractivity contribution in [2.75, 3.05) is 0 Å². The van der Waals surface area contributed by atoms with E-state index in [9.17, 15) is 35.2 Å². The molecule has 6 nitrogen and oxygen atoms in total. The SMILES string of the molecule is CC1(C)NC(C23CC(N(Cc4ccc(Cl)cc4)S(=O)(=O)c4ccccc4)(C2)C3)=N[C@H]1C(=O)CCC(F)(F)C(F)(F)F. The highest BCUT2D eigenvalue weighted by Crippen LogP contribution is 2.71. The minimum Gasteiger partial charge on any atom is -0.366 e. The van der Waals surface area contributed by atoms with Crippen LogP contribution in [0.15, 0.2) is 64.5 Å². The first-order valence-corrected chi connectivity index (χ1v) is 14.9. The van der Waals surface area contributed by atoms with Crippen LogP contribution in [0.4, 0.5) is 22.0 Å². The van der Waals surface area contributed by atoms with E-state index in [-0.39, 0.29) is 11.4 Å². The molecule has 0 spiro atoms. The van der Waals surface area contributed by atoms with Crippen LogP contribution in [0.5, 0.6) is 0 Å². The number of amidine groups is 1. The molecule has 222 valence electrons. The number of benzene rings is 2. The van der Waals surface area contributed by atoms with Gasteiger partial charge >= 0.3 is 12.1 Å². The van der Waals surface area contributed by atoms with E-state index in [2.05, 4.69) is 10.3 Å². The van der Waals surface area contributed by atoms with E-state index >= 15 is 0 Å². The summed E-state index contributed by atoms with van der Waals surface area (Å²) >= 11 is 6.02. The number of sulfonamides is 1. The summed E-state index contributed by atoms with van der Waals surface area (Å²) in [6.45, 7) is 3.40. The molecule has 0 saturated heterocycles. The van der Waals surface area contributed by atoms with Gasteiger partial charge in [0.05, 0.1) is 10.4 Å². The molecule has 3 aliphatic carbocycles. The topological polar surface area (TPSA) is 78.8 Å². The molecule has 2 aromatic carbocycles. The van der Waals surface area contributed by atoms with E-state index in [1.807, 2.05) is 0 Å². The summed E-state index contributed by atoms with van der Waals surface area (Å²) in [7, 11) is -3.90. The molecule has 13 heteroatoms. The van der Waals surface area contributed by atoms with E-state index in [4.69, 9.17) is 11.6 Å². The fraction of sp³-hybridized carbons (Fsp3) is 0.500. The Hall–Kier alpha value is -2.57. The summed E-state index contributed by atoms with van der Waals surface area (Å²) < 4.78 is 93.8. The molecule has 2 bridgehead atoms. The molecule has 4 aliphatic rings. The van der Waals surface area contributed by atoms with Gasteiger partial charge < -0.3 is 5.32 Å². The van der Waals surface area contributed by atoms with Gasteiger partial charge in [0.2, 0.25) is 10.0 Å². The van der Waals surface area contributed by atoms with Crippen LogP contribution in [0, 0.1) is 5.41 Å². The van der Waals surface area contributed by atoms with E-state index < -0.39 is 63.3 Å². The molecule has 3 fully saturated rings. The highest BCUT2D eigenvalue weighted by atomic mass is 35.5. The number of nitrogens with zero attached hydrogens (tertiary/aromatic N) is 2. The van der Waals surface area contributed by atoms with Crippen molar-refractivity contribution in [3.63, 3.8) is 0 Å². The smallest absolute Gasteiger partial charge is 0.366 e. The molecule has 1 heterocycles. The third-order valence-electron chi connectivity index (χ3n) is 8.39. The minimum atomic E-state index is -5.73. The van der Waals surface area contributed by atoms with Crippen LogP contribution in [-0.4, -0.2) is 53.6 Å². The van der Waals surface area contributed by atoms with Crippen LogP contribution in [0.2, 0.25) is 5.02 Å². The number of hydrogen-bond acceptors (Lipinski definition) is 5. The van der Waals surface area contributed by atoms with Crippen molar-refractivity contribution in [3.05, 3.63) is 65.2 Å². The van der Waals surface area contributed by atoms with Crippen LogP contribution in [0.3, 0.4) is 0 Å². The normalized spacial score (nSPS) is 27.0.